The lowest BCUT2D eigenvalue weighted by molar-refractivity contribution is 0.0694. The number of benzene rings is 1. The van der Waals surface area contributed by atoms with Crippen molar-refractivity contribution in [2.75, 3.05) is 0 Å². The van der Waals surface area contributed by atoms with Crippen LogP contribution in [0.5, 0.6) is 0 Å². The number of hydrogen-bond donors (Lipinski definition) is 1. The van der Waals surface area contributed by atoms with Crippen LogP contribution in [0, 0.1) is 0 Å². The van der Waals surface area contributed by atoms with Gasteiger partial charge in [0, 0.05) is 17.9 Å². The predicted molar refractivity (Wildman–Crippen MR) is 70.0 cm³/mol. The molecule has 0 aliphatic rings. The summed E-state index contributed by atoms with van der Waals surface area (Å²) in [5.74, 6) is -1.01. The maximum absolute atomic E-state index is 11.1. The number of hydrogen-bond acceptors (Lipinski definition) is 3. The van der Waals surface area contributed by atoms with Crippen LogP contribution in [0.3, 0.4) is 0 Å². The van der Waals surface area contributed by atoms with E-state index in [0.29, 0.717) is 12.2 Å². The molecule has 0 radical (unpaired) electrons. The summed E-state index contributed by atoms with van der Waals surface area (Å²) >= 11 is 0. The van der Waals surface area contributed by atoms with E-state index in [1.165, 1.54) is 12.5 Å². The summed E-state index contributed by atoms with van der Waals surface area (Å²) in [6, 6.07) is 9.94. The Bertz CT molecular complexity index is 749. The van der Waals surface area contributed by atoms with Crippen molar-refractivity contribution >= 4 is 16.9 Å². The molecule has 3 rings (SSSR count). The van der Waals surface area contributed by atoms with Crippen LogP contribution < -0.4 is 0 Å². The Hall–Kier alpha value is -2.69. The molecule has 19 heavy (non-hydrogen) atoms. The summed E-state index contributed by atoms with van der Waals surface area (Å²) in [7, 11) is 0. The molecule has 0 saturated carbocycles. The second-order valence-corrected chi connectivity index (χ2v) is 4.19. The fraction of sp³-hybridized carbons (Fsp3) is 0.0714. The lowest BCUT2D eigenvalue weighted by Gasteiger charge is -2.07. The fourth-order valence-electron chi connectivity index (χ4n) is 2.10. The van der Waals surface area contributed by atoms with Crippen molar-refractivity contribution in [2.45, 2.75) is 6.54 Å². The second-order valence-electron chi connectivity index (χ2n) is 4.19. The Morgan fingerprint density at radius 2 is 2.11 bits per heavy atom. The van der Waals surface area contributed by atoms with Gasteiger partial charge in [-0.05, 0) is 17.5 Å². The van der Waals surface area contributed by atoms with Crippen molar-refractivity contribution in [3.8, 4) is 0 Å². The number of carbonyl (C=O) groups is 1. The average molecular weight is 253 g/mol. The molecule has 1 N–H and O–H groups in total. The first kappa shape index (κ1) is 11.4. The SMILES string of the molecule is O=C(O)c1cncnc1Cn1ccc2ccccc21. The lowest BCUT2D eigenvalue weighted by atomic mass is 10.2. The predicted octanol–water partition coefficient (Wildman–Crippen LogP) is 2.18. The van der Waals surface area contributed by atoms with E-state index in [1.54, 1.807) is 0 Å². The standard InChI is InChI=1S/C14H11N3O2/c18-14(19)11-7-15-9-16-12(11)8-17-6-5-10-3-1-2-4-13(10)17/h1-7,9H,8H2,(H,18,19). The van der Waals surface area contributed by atoms with E-state index >= 15 is 0 Å². The molecule has 0 amide bonds. The van der Waals surface area contributed by atoms with Gasteiger partial charge in [0.1, 0.15) is 11.9 Å². The molecule has 0 aliphatic carbocycles. The van der Waals surface area contributed by atoms with Crippen LogP contribution >= 0.6 is 0 Å². The molecule has 2 heterocycles. The zero-order chi connectivity index (χ0) is 13.2. The topological polar surface area (TPSA) is 68.0 Å². The van der Waals surface area contributed by atoms with Crippen LogP contribution in [0.4, 0.5) is 0 Å². The van der Waals surface area contributed by atoms with E-state index in [4.69, 9.17) is 5.11 Å². The van der Waals surface area contributed by atoms with Gasteiger partial charge >= 0.3 is 5.97 Å². The monoisotopic (exact) mass is 253 g/mol. The molecule has 2 aromatic heterocycles. The van der Waals surface area contributed by atoms with Gasteiger partial charge in [0.05, 0.1) is 12.2 Å². The van der Waals surface area contributed by atoms with Crippen molar-refractivity contribution in [1.29, 1.82) is 0 Å². The number of carboxylic acid groups (broad SMARTS) is 1. The average Bonchev–Trinajstić information content (AvgIpc) is 2.83. The molecule has 3 aromatic rings. The first-order valence-corrected chi connectivity index (χ1v) is 5.82. The molecular weight excluding hydrogens is 242 g/mol. The van der Waals surface area contributed by atoms with Crippen molar-refractivity contribution in [2.24, 2.45) is 0 Å². The second kappa shape index (κ2) is 4.53. The smallest absolute Gasteiger partial charge is 0.339 e. The summed E-state index contributed by atoms with van der Waals surface area (Å²) in [6.07, 6.45) is 4.63. The number of aromatic nitrogens is 3. The van der Waals surface area contributed by atoms with Crippen LogP contribution in [-0.2, 0) is 6.54 Å². The summed E-state index contributed by atoms with van der Waals surface area (Å²) in [5.41, 5.74) is 1.70. The molecule has 94 valence electrons. The van der Waals surface area contributed by atoms with Gasteiger partial charge in [-0.25, -0.2) is 14.8 Å². The van der Waals surface area contributed by atoms with E-state index in [0.717, 1.165) is 10.9 Å². The van der Waals surface area contributed by atoms with Crippen LogP contribution in [0.15, 0.2) is 49.1 Å². The first-order chi connectivity index (χ1) is 9.25. The molecule has 5 nitrogen and oxygen atoms in total. The lowest BCUT2D eigenvalue weighted by Crippen LogP contribution is -2.09. The van der Waals surface area contributed by atoms with E-state index in [9.17, 15) is 4.79 Å². The normalized spacial score (nSPS) is 10.7. The van der Waals surface area contributed by atoms with Gasteiger partial charge in [-0.2, -0.15) is 0 Å². The largest absolute Gasteiger partial charge is 0.478 e. The third kappa shape index (κ3) is 2.06. The number of rotatable bonds is 3. The van der Waals surface area contributed by atoms with E-state index in [-0.39, 0.29) is 5.56 Å². The van der Waals surface area contributed by atoms with Crippen molar-refractivity contribution in [3.05, 3.63) is 60.3 Å². The highest BCUT2D eigenvalue weighted by atomic mass is 16.4. The number of aromatic carboxylic acids is 1. The van der Waals surface area contributed by atoms with Gasteiger partial charge in [-0.15, -0.1) is 0 Å². The first-order valence-electron chi connectivity index (χ1n) is 5.82. The zero-order valence-electron chi connectivity index (χ0n) is 10.0. The van der Waals surface area contributed by atoms with Gasteiger partial charge < -0.3 is 9.67 Å². The van der Waals surface area contributed by atoms with Crippen molar-refractivity contribution in [3.63, 3.8) is 0 Å². The number of carboxylic acids is 1. The Labute approximate surface area is 109 Å². The summed E-state index contributed by atoms with van der Waals surface area (Å²) < 4.78 is 1.98. The molecular formula is C14H11N3O2. The minimum atomic E-state index is -1.01. The Balaban J connectivity index is 2.04. The van der Waals surface area contributed by atoms with Crippen molar-refractivity contribution < 1.29 is 9.90 Å². The van der Waals surface area contributed by atoms with Gasteiger partial charge in [0.25, 0.3) is 0 Å². The summed E-state index contributed by atoms with van der Waals surface area (Å²) in [6.45, 7) is 0.414. The summed E-state index contributed by atoms with van der Waals surface area (Å²) in [4.78, 5) is 19.0. The molecule has 5 heteroatoms. The Morgan fingerprint density at radius 1 is 1.26 bits per heavy atom. The van der Waals surface area contributed by atoms with E-state index in [1.807, 2.05) is 41.1 Å². The highest BCUT2D eigenvalue weighted by Gasteiger charge is 2.12. The van der Waals surface area contributed by atoms with Gasteiger partial charge in [0.2, 0.25) is 0 Å². The highest BCUT2D eigenvalue weighted by molar-refractivity contribution is 5.88. The quantitative estimate of drug-likeness (QED) is 0.776. The van der Waals surface area contributed by atoms with Gasteiger partial charge in [-0.1, -0.05) is 18.2 Å². The van der Waals surface area contributed by atoms with E-state index < -0.39 is 5.97 Å². The molecule has 1 aromatic carbocycles. The molecule has 0 saturated heterocycles. The van der Waals surface area contributed by atoms with Crippen LogP contribution in [0.1, 0.15) is 16.1 Å². The van der Waals surface area contributed by atoms with Gasteiger partial charge in [0.15, 0.2) is 0 Å². The highest BCUT2D eigenvalue weighted by Crippen LogP contribution is 2.17. The van der Waals surface area contributed by atoms with Crippen LogP contribution in [-0.4, -0.2) is 25.6 Å². The zero-order valence-corrected chi connectivity index (χ0v) is 10.0. The van der Waals surface area contributed by atoms with Crippen molar-refractivity contribution in [1.82, 2.24) is 14.5 Å². The number of fused-ring (bicyclic) bond motifs is 1. The third-order valence-electron chi connectivity index (χ3n) is 3.03. The molecule has 0 aliphatic heterocycles. The van der Waals surface area contributed by atoms with Gasteiger partial charge in [-0.3, -0.25) is 0 Å². The third-order valence-corrected chi connectivity index (χ3v) is 3.03. The molecule has 0 spiro atoms. The Morgan fingerprint density at radius 3 is 2.95 bits per heavy atom. The Kier molecular flexibility index (Phi) is 2.72. The maximum Gasteiger partial charge on any atom is 0.339 e. The number of para-hydroxylation sites is 1. The minimum absolute atomic E-state index is 0.139. The maximum atomic E-state index is 11.1. The van der Waals surface area contributed by atoms with E-state index in [2.05, 4.69) is 9.97 Å². The molecule has 0 atom stereocenters. The molecule has 0 unspecified atom stereocenters. The molecule has 0 fully saturated rings. The number of nitrogens with zero attached hydrogens (tertiary/aromatic N) is 3. The van der Waals surface area contributed by atoms with Crippen LogP contribution in [0.2, 0.25) is 0 Å². The minimum Gasteiger partial charge on any atom is -0.478 e. The van der Waals surface area contributed by atoms with Crippen LogP contribution in [0.25, 0.3) is 10.9 Å². The fourth-order valence-corrected chi connectivity index (χ4v) is 2.10. The molecule has 0 bridgehead atoms. The summed E-state index contributed by atoms with van der Waals surface area (Å²) in [5, 5.41) is 10.2.